The summed E-state index contributed by atoms with van der Waals surface area (Å²) in [4.78, 5) is 0. The van der Waals surface area contributed by atoms with Crippen molar-refractivity contribution in [1.82, 2.24) is 0 Å². The summed E-state index contributed by atoms with van der Waals surface area (Å²) in [5.41, 5.74) is 6.51. The number of hydrogen-bond acceptors (Lipinski definition) is 2. The Morgan fingerprint density at radius 3 is 2.33 bits per heavy atom. The normalized spacial score (nSPS) is 13.9. The first kappa shape index (κ1) is 12.1. The van der Waals surface area contributed by atoms with Crippen molar-refractivity contribution in [2.75, 3.05) is 6.61 Å². The van der Waals surface area contributed by atoms with Crippen LogP contribution < -0.4 is 5.73 Å². The standard InChI is InChI=1S/C12H18FNO/c1-4-15-12(2,3)11(14)9-5-7-10(13)8-6-9/h5-8,11H,4,14H2,1-3H3. The molecule has 2 N–H and O–H groups in total. The molecule has 1 atom stereocenters. The Morgan fingerprint density at radius 2 is 1.87 bits per heavy atom. The van der Waals surface area contributed by atoms with Crippen LogP contribution in [0.15, 0.2) is 24.3 Å². The number of rotatable bonds is 4. The maximum Gasteiger partial charge on any atom is 0.123 e. The molecule has 1 aromatic rings. The second-order valence-corrected chi connectivity index (χ2v) is 4.07. The summed E-state index contributed by atoms with van der Waals surface area (Å²) < 4.78 is 18.3. The SMILES string of the molecule is CCOC(C)(C)C(N)c1ccc(F)cc1. The van der Waals surface area contributed by atoms with Crippen LogP contribution in [0.2, 0.25) is 0 Å². The second kappa shape index (κ2) is 4.73. The van der Waals surface area contributed by atoms with Gasteiger partial charge in [-0.25, -0.2) is 4.39 Å². The molecule has 0 aromatic heterocycles. The molecular formula is C12H18FNO. The van der Waals surface area contributed by atoms with E-state index in [0.717, 1.165) is 5.56 Å². The van der Waals surface area contributed by atoms with E-state index in [-0.39, 0.29) is 11.9 Å². The van der Waals surface area contributed by atoms with E-state index < -0.39 is 5.60 Å². The Balaban J connectivity index is 2.84. The van der Waals surface area contributed by atoms with Crippen molar-refractivity contribution in [3.63, 3.8) is 0 Å². The first-order chi connectivity index (χ1) is 6.97. The highest BCUT2D eigenvalue weighted by molar-refractivity contribution is 5.21. The Morgan fingerprint density at radius 1 is 1.33 bits per heavy atom. The van der Waals surface area contributed by atoms with Gasteiger partial charge in [0.15, 0.2) is 0 Å². The summed E-state index contributed by atoms with van der Waals surface area (Å²) in [6.07, 6.45) is 0. The molecule has 1 rings (SSSR count). The van der Waals surface area contributed by atoms with Crippen LogP contribution in [-0.2, 0) is 4.74 Å². The summed E-state index contributed by atoms with van der Waals surface area (Å²) in [6, 6.07) is 5.97. The first-order valence-corrected chi connectivity index (χ1v) is 5.12. The molecule has 0 saturated carbocycles. The average Bonchev–Trinajstić information content (AvgIpc) is 2.18. The molecule has 3 heteroatoms. The molecule has 1 unspecified atom stereocenters. The molecule has 0 spiro atoms. The van der Waals surface area contributed by atoms with Crippen LogP contribution in [0.1, 0.15) is 32.4 Å². The van der Waals surface area contributed by atoms with Gasteiger partial charge in [-0.15, -0.1) is 0 Å². The van der Waals surface area contributed by atoms with Crippen molar-refractivity contribution in [2.24, 2.45) is 5.73 Å². The van der Waals surface area contributed by atoms with E-state index in [2.05, 4.69) is 0 Å². The van der Waals surface area contributed by atoms with E-state index >= 15 is 0 Å². The lowest BCUT2D eigenvalue weighted by Gasteiger charge is -2.31. The highest BCUT2D eigenvalue weighted by atomic mass is 19.1. The Bertz CT molecular complexity index is 308. The quantitative estimate of drug-likeness (QED) is 0.831. The lowest BCUT2D eigenvalue weighted by atomic mass is 9.92. The van der Waals surface area contributed by atoms with E-state index in [4.69, 9.17) is 10.5 Å². The highest BCUT2D eigenvalue weighted by Crippen LogP contribution is 2.26. The smallest absolute Gasteiger partial charge is 0.123 e. The van der Waals surface area contributed by atoms with Gasteiger partial charge < -0.3 is 10.5 Å². The second-order valence-electron chi connectivity index (χ2n) is 4.07. The van der Waals surface area contributed by atoms with Crippen LogP contribution in [0.3, 0.4) is 0 Å². The number of hydrogen-bond donors (Lipinski definition) is 1. The molecule has 15 heavy (non-hydrogen) atoms. The van der Waals surface area contributed by atoms with Gasteiger partial charge in [-0.1, -0.05) is 12.1 Å². The third-order valence-electron chi connectivity index (χ3n) is 2.49. The monoisotopic (exact) mass is 211 g/mol. The van der Waals surface area contributed by atoms with Crippen LogP contribution in [0.4, 0.5) is 4.39 Å². The molecular weight excluding hydrogens is 193 g/mol. The molecule has 2 nitrogen and oxygen atoms in total. The van der Waals surface area contributed by atoms with Crippen molar-refractivity contribution in [2.45, 2.75) is 32.4 Å². The average molecular weight is 211 g/mol. The van der Waals surface area contributed by atoms with Crippen molar-refractivity contribution in [3.05, 3.63) is 35.6 Å². The third kappa shape index (κ3) is 3.01. The molecule has 0 bridgehead atoms. The van der Waals surface area contributed by atoms with E-state index in [1.54, 1.807) is 12.1 Å². The fourth-order valence-corrected chi connectivity index (χ4v) is 1.53. The molecule has 0 aliphatic heterocycles. The van der Waals surface area contributed by atoms with Crippen molar-refractivity contribution in [3.8, 4) is 0 Å². The van der Waals surface area contributed by atoms with Gasteiger partial charge in [-0.05, 0) is 38.5 Å². The Hall–Kier alpha value is -0.930. The lowest BCUT2D eigenvalue weighted by Crippen LogP contribution is -2.38. The van der Waals surface area contributed by atoms with Gasteiger partial charge in [0.25, 0.3) is 0 Å². The minimum atomic E-state index is -0.438. The maximum absolute atomic E-state index is 12.7. The molecule has 84 valence electrons. The van der Waals surface area contributed by atoms with Crippen LogP contribution in [0.25, 0.3) is 0 Å². The minimum Gasteiger partial charge on any atom is -0.374 e. The summed E-state index contributed by atoms with van der Waals surface area (Å²) >= 11 is 0. The molecule has 0 amide bonds. The minimum absolute atomic E-state index is 0.250. The summed E-state index contributed by atoms with van der Waals surface area (Å²) in [7, 11) is 0. The van der Waals surface area contributed by atoms with Gasteiger partial charge in [0.1, 0.15) is 5.82 Å². The van der Waals surface area contributed by atoms with E-state index in [0.29, 0.717) is 6.61 Å². The number of benzene rings is 1. The van der Waals surface area contributed by atoms with Gasteiger partial charge in [0, 0.05) is 6.61 Å². The molecule has 0 radical (unpaired) electrons. The van der Waals surface area contributed by atoms with E-state index in [1.807, 2.05) is 20.8 Å². The van der Waals surface area contributed by atoms with E-state index in [1.165, 1.54) is 12.1 Å². The predicted molar refractivity (Wildman–Crippen MR) is 59.0 cm³/mol. The fraction of sp³-hybridized carbons (Fsp3) is 0.500. The number of ether oxygens (including phenoxy) is 1. The summed E-state index contributed by atoms with van der Waals surface area (Å²) in [6.45, 7) is 6.41. The molecule has 0 saturated heterocycles. The van der Waals surface area contributed by atoms with Crippen LogP contribution >= 0.6 is 0 Å². The highest BCUT2D eigenvalue weighted by Gasteiger charge is 2.27. The Kier molecular flexibility index (Phi) is 3.83. The van der Waals surface area contributed by atoms with Crippen LogP contribution in [0.5, 0.6) is 0 Å². The zero-order chi connectivity index (χ0) is 11.5. The van der Waals surface area contributed by atoms with E-state index in [9.17, 15) is 4.39 Å². The van der Waals surface area contributed by atoms with Gasteiger partial charge >= 0.3 is 0 Å². The Labute approximate surface area is 90.2 Å². The first-order valence-electron chi connectivity index (χ1n) is 5.12. The molecule has 0 fully saturated rings. The van der Waals surface area contributed by atoms with Gasteiger partial charge in [0.05, 0.1) is 11.6 Å². The molecule has 0 aliphatic carbocycles. The van der Waals surface area contributed by atoms with Gasteiger partial charge in [-0.3, -0.25) is 0 Å². The fourth-order valence-electron chi connectivity index (χ4n) is 1.53. The summed E-state index contributed by atoms with van der Waals surface area (Å²) in [5.74, 6) is -0.250. The third-order valence-corrected chi connectivity index (χ3v) is 2.49. The molecule has 1 aromatic carbocycles. The largest absolute Gasteiger partial charge is 0.374 e. The van der Waals surface area contributed by atoms with Crippen molar-refractivity contribution in [1.29, 1.82) is 0 Å². The van der Waals surface area contributed by atoms with Crippen LogP contribution in [0, 0.1) is 5.82 Å². The van der Waals surface area contributed by atoms with Gasteiger partial charge in [0.2, 0.25) is 0 Å². The summed E-state index contributed by atoms with van der Waals surface area (Å²) in [5, 5.41) is 0. The topological polar surface area (TPSA) is 35.2 Å². The zero-order valence-electron chi connectivity index (χ0n) is 9.46. The predicted octanol–water partition coefficient (Wildman–Crippen LogP) is 2.64. The molecule has 0 heterocycles. The van der Waals surface area contributed by atoms with Crippen LogP contribution in [-0.4, -0.2) is 12.2 Å². The van der Waals surface area contributed by atoms with Crippen molar-refractivity contribution >= 4 is 0 Å². The van der Waals surface area contributed by atoms with Gasteiger partial charge in [-0.2, -0.15) is 0 Å². The number of nitrogens with two attached hydrogens (primary N) is 1. The molecule has 0 aliphatic rings. The maximum atomic E-state index is 12.7. The number of halogens is 1. The lowest BCUT2D eigenvalue weighted by molar-refractivity contribution is -0.0298. The zero-order valence-corrected chi connectivity index (χ0v) is 9.46. The van der Waals surface area contributed by atoms with Crippen molar-refractivity contribution < 1.29 is 9.13 Å².